The summed E-state index contributed by atoms with van der Waals surface area (Å²) in [7, 11) is -5.05. The minimum atomic E-state index is -3.81. The standard InChI is InChI=1S/C21H17N3O3S3/c1-14-23-18-4-3-17(13-20(18)28-14)30(26,27)24-10-11-29(25)21-5-2-16(12-19(21)24)15-6-8-22-9-7-15/h2-9,12-13H,10-11H2,1H3. The Kier molecular flexibility index (Phi) is 4.68. The zero-order valence-electron chi connectivity index (χ0n) is 16.0. The third-order valence-corrected chi connectivity index (χ3v) is 9.15. The number of hydrogen-bond acceptors (Lipinski definition) is 6. The zero-order valence-corrected chi connectivity index (χ0v) is 18.4. The van der Waals surface area contributed by atoms with Crippen LogP contribution < -0.4 is 4.31 Å². The molecule has 152 valence electrons. The molecule has 1 unspecified atom stereocenters. The Morgan fingerprint density at radius 1 is 1.03 bits per heavy atom. The van der Waals surface area contributed by atoms with E-state index in [2.05, 4.69) is 9.97 Å². The molecule has 0 saturated heterocycles. The molecule has 0 amide bonds. The van der Waals surface area contributed by atoms with Gasteiger partial charge in [0, 0.05) is 24.7 Å². The number of aryl methyl sites for hydroxylation is 1. The molecule has 1 aliphatic rings. The number of thiazole rings is 1. The monoisotopic (exact) mass is 455 g/mol. The Balaban J connectivity index is 1.64. The van der Waals surface area contributed by atoms with E-state index in [1.165, 1.54) is 15.6 Å². The van der Waals surface area contributed by atoms with E-state index in [0.717, 1.165) is 26.4 Å². The average molecular weight is 456 g/mol. The molecule has 0 aliphatic carbocycles. The maximum absolute atomic E-state index is 13.6. The number of aromatic nitrogens is 2. The molecule has 3 heterocycles. The minimum Gasteiger partial charge on any atom is -0.265 e. The van der Waals surface area contributed by atoms with Crippen LogP contribution in [-0.4, -0.2) is 34.9 Å². The zero-order chi connectivity index (χ0) is 20.9. The topological polar surface area (TPSA) is 80.2 Å². The Labute approximate surface area is 180 Å². The normalized spacial score (nSPS) is 16.6. The number of benzene rings is 2. The Hall–Kier alpha value is -2.62. The summed E-state index contributed by atoms with van der Waals surface area (Å²) >= 11 is 1.47. The predicted molar refractivity (Wildman–Crippen MR) is 120 cm³/mol. The number of pyridine rings is 1. The molecule has 6 nitrogen and oxygen atoms in total. The molecule has 9 heteroatoms. The van der Waals surface area contributed by atoms with Crippen molar-refractivity contribution in [2.75, 3.05) is 16.6 Å². The van der Waals surface area contributed by atoms with E-state index in [4.69, 9.17) is 0 Å². The second-order valence-corrected chi connectivity index (χ2v) is 11.5. The van der Waals surface area contributed by atoms with Gasteiger partial charge in [-0.3, -0.25) is 13.5 Å². The smallest absolute Gasteiger partial charge is 0.264 e. The van der Waals surface area contributed by atoms with Gasteiger partial charge in [-0.1, -0.05) is 6.07 Å². The lowest BCUT2D eigenvalue weighted by molar-refractivity contribution is 0.591. The van der Waals surface area contributed by atoms with Crippen molar-refractivity contribution in [2.45, 2.75) is 16.7 Å². The highest BCUT2D eigenvalue weighted by Crippen LogP contribution is 2.37. The van der Waals surface area contributed by atoms with Crippen molar-refractivity contribution in [3.05, 3.63) is 65.9 Å². The van der Waals surface area contributed by atoms with E-state index >= 15 is 0 Å². The lowest BCUT2D eigenvalue weighted by atomic mass is 10.1. The van der Waals surface area contributed by atoms with Gasteiger partial charge in [-0.15, -0.1) is 11.3 Å². The van der Waals surface area contributed by atoms with Gasteiger partial charge in [-0.05, 0) is 60.5 Å². The fraction of sp³-hybridized carbons (Fsp3) is 0.143. The maximum Gasteiger partial charge on any atom is 0.264 e. The van der Waals surface area contributed by atoms with Gasteiger partial charge in [-0.25, -0.2) is 13.4 Å². The quantitative estimate of drug-likeness (QED) is 0.467. The van der Waals surface area contributed by atoms with Gasteiger partial charge in [-0.2, -0.15) is 0 Å². The fourth-order valence-electron chi connectivity index (χ4n) is 3.58. The second kappa shape index (κ2) is 7.26. The largest absolute Gasteiger partial charge is 0.265 e. The lowest BCUT2D eigenvalue weighted by Crippen LogP contribution is -2.38. The molecule has 0 spiro atoms. The number of nitrogens with zero attached hydrogens (tertiary/aromatic N) is 3. The summed E-state index contributed by atoms with van der Waals surface area (Å²) in [4.78, 5) is 9.19. The van der Waals surface area contributed by atoms with Gasteiger partial charge in [0.15, 0.2) is 0 Å². The van der Waals surface area contributed by atoms with Crippen LogP contribution in [0.4, 0.5) is 5.69 Å². The molecule has 0 bridgehead atoms. The van der Waals surface area contributed by atoms with Crippen molar-refractivity contribution >= 4 is 48.1 Å². The molecule has 0 N–H and O–H groups in total. The third kappa shape index (κ3) is 3.23. The Morgan fingerprint density at radius 2 is 1.83 bits per heavy atom. The van der Waals surface area contributed by atoms with Gasteiger partial charge in [0.05, 0.1) is 41.5 Å². The molecule has 1 aliphatic heterocycles. The number of rotatable bonds is 3. The summed E-state index contributed by atoms with van der Waals surface area (Å²) in [5, 5.41) is 0.889. The maximum atomic E-state index is 13.6. The van der Waals surface area contributed by atoms with Crippen LogP contribution in [0.15, 0.2) is 70.7 Å². The van der Waals surface area contributed by atoms with Crippen molar-refractivity contribution in [2.24, 2.45) is 0 Å². The van der Waals surface area contributed by atoms with Crippen LogP contribution in [0, 0.1) is 6.92 Å². The number of anilines is 1. The van der Waals surface area contributed by atoms with Gasteiger partial charge in [0.25, 0.3) is 10.0 Å². The summed E-state index contributed by atoms with van der Waals surface area (Å²) in [6.07, 6.45) is 3.38. The van der Waals surface area contributed by atoms with Crippen LogP contribution in [0.5, 0.6) is 0 Å². The van der Waals surface area contributed by atoms with E-state index in [0.29, 0.717) is 10.6 Å². The van der Waals surface area contributed by atoms with Crippen molar-refractivity contribution in [1.29, 1.82) is 0 Å². The minimum absolute atomic E-state index is 0.168. The van der Waals surface area contributed by atoms with Crippen LogP contribution in [0.25, 0.3) is 21.3 Å². The van der Waals surface area contributed by atoms with Gasteiger partial charge in [0.2, 0.25) is 0 Å². The van der Waals surface area contributed by atoms with Gasteiger partial charge in [0.1, 0.15) is 0 Å². The van der Waals surface area contributed by atoms with E-state index in [1.54, 1.807) is 42.7 Å². The first-order chi connectivity index (χ1) is 14.4. The number of fused-ring (bicyclic) bond motifs is 2. The molecule has 4 aromatic rings. The van der Waals surface area contributed by atoms with Crippen LogP contribution >= 0.6 is 11.3 Å². The SMILES string of the molecule is Cc1nc2ccc(S(=O)(=O)N3CCS(=O)c4ccc(-c5ccncc5)cc43)cc2s1. The predicted octanol–water partition coefficient (Wildman–Crippen LogP) is 3.98. The van der Waals surface area contributed by atoms with E-state index in [1.807, 2.05) is 25.1 Å². The molecule has 2 aromatic carbocycles. The first kappa shape index (κ1) is 19.3. The molecular weight excluding hydrogens is 438 g/mol. The summed E-state index contributed by atoms with van der Waals surface area (Å²) in [6.45, 7) is 2.07. The molecular formula is C21H17N3O3S3. The van der Waals surface area contributed by atoms with Crippen LogP contribution in [0.1, 0.15) is 5.01 Å². The average Bonchev–Trinajstić information content (AvgIpc) is 3.13. The molecule has 0 saturated carbocycles. The van der Waals surface area contributed by atoms with Crippen LogP contribution in [-0.2, 0) is 20.8 Å². The van der Waals surface area contributed by atoms with Gasteiger partial charge >= 0.3 is 0 Å². The Morgan fingerprint density at radius 3 is 2.63 bits per heavy atom. The van der Waals surface area contributed by atoms with E-state index in [-0.39, 0.29) is 17.2 Å². The third-order valence-electron chi connectivity index (χ3n) is 5.02. The van der Waals surface area contributed by atoms with Crippen molar-refractivity contribution in [1.82, 2.24) is 9.97 Å². The molecule has 0 fully saturated rings. The molecule has 0 radical (unpaired) electrons. The fourth-order valence-corrected chi connectivity index (χ4v) is 7.39. The van der Waals surface area contributed by atoms with E-state index in [9.17, 15) is 12.6 Å². The van der Waals surface area contributed by atoms with Crippen LogP contribution in [0.2, 0.25) is 0 Å². The summed E-state index contributed by atoms with van der Waals surface area (Å²) < 4.78 is 41.9. The molecule has 1 atom stereocenters. The first-order valence-electron chi connectivity index (χ1n) is 9.26. The molecule has 30 heavy (non-hydrogen) atoms. The summed E-state index contributed by atoms with van der Waals surface area (Å²) in [5.74, 6) is 0.267. The lowest BCUT2D eigenvalue weighted by Gasteiger charge is -2.30. The van der Waals surface area contributed by atoms with Gasteiger partial charge < -0.3 is 0 Å². The highest BCUT2D eigenvalue weighted by atomic mass is 32.2. The highest BCUT2D eigenvalue weighted by Gasteiger charge is 2.32. The van der Waals surface area contributed by atoms with Crippen molar-refractivity contribution in [3.8, 4) is 11.1 Å². The number of hydrogen-bond donors (Lipinski definition) is 0. The van der Waals surface area contributed by atoms with Crippen LogP contribution in [0.3, 0.4) is 0 Å². The molecule has 5 rings (SSSR count). The number of sulfonamides is 1. The second-order valence-electron chi connectivity index (χ2n) is 6.91. The summed E-state index contributed by atoms with van der Waals surface area (Å²) in [5.41, 5.74) is 3.03. The molecule has 2 aromatic heterocycles. The summed E-state index contributed by atoms with van der Waals surface area (Å²) in [6, 6.07) is 14.2. The van der Waals surface area contributed by atoms with Crippen molar-refractivity contribution < 1.29 is 12.6 Å². The first-order valence-corrected chi connectivity index (χ1v) is 12.8. The Bertz CT molecular complexity index is 1400. The van der Waals surface area contributed by atoms with Crippen molar-refractivity contribution in [3.63, 3.8) is 0 Å². The highest BCUT2D eigenvalue weighted by molar-refractivity contribution is 7.93. The van der Waals surface area contributed by atoms with E-state index < -0.39 is 20.8 Å².